The zero-order valence-corrected chi connectivity index (χ0v) is 14.9. The molecule has 0 saturated carbocycles. The van der Waals surface area contributed by atoms with Gasteiger partial charge in [-0.05, 0) is 44.9 Å². The SMILES string of the molecule is C=CCCCC1(CCCC(O)CCCCC2OCCO2)OCCO1. The van der Waals surface area contributed by atoms with Crippen LogP contribution in [0.3, 0.4) is 0 Å². The summed E-state index contributed by atoms with van der Waals surface area (Å²) in [5.74, 6) is -0.417. The zero-order valence-electron chi connectivity index (χ0n) is 14.9. The molecule has 2 heterocycles. The van der Waals surface area contributed by atoms with Crippen molar-refractivity contribution in [3.63, 3.8) is 0 Å². The number of hydrogen-bond donors (Lipinski definition) is 1. The second-order valence-corrected chi connectivity index (χ2v) is 6.79. The summed E-state index contributed by atoms with van der Waals surface area (Å²) >= 11 is 0. The molecule has 24 heavy (non-hydrogen) atoms. The first kappa shape index (κ1) is 19.9. The van der Waals surface area contributed by atoms with Crippen LogP contribution < -0.4 is 0 Å². The Hall–Kier alpha value is -0.460. The van der Waals surface area contributed by atoms with Crippen LogP contribution in [0.2, 0.25) is 0 Å². The Morgan fingerprint density at radius 2 is 1.62 bits per heavy atom. The fourth-order valence-electron chi connectivity index (χ4n) is 3.44. The van der Waals surface area contributed by atoms with Gasteiger partial charge < -0.3 is 24.1 Å². The van der Waals surface area contributed by atoms with Gasteiger partial charge in [-0.15, -0.1) is 6.58 Å². The minimum absolute atomic E-state index is 0.0192. The van der Waals surface area contributed by atoms with Crippen LogP contribution in [0.25, 0.3) is 0 Å². The maximum atomic E-state index is 10.2. The van der Waals surface area contributed by atoms with Gasteiger partial charge in [-0.25, -0.2) is 0 Å². The Kier molecular flexibility index (Phi) is 9.28. The normalized spacial score (nSPS) is 22.0. The van der Waals surface area contributed by atoms with E-state index in [2.05, 4.69) is 6.58 Å². The maximum Gasteiger partial charge on any atom is 0.168 e. The number of ether oxygens (including phenoxy) is 4. The minimum atomic E-state index is -0.417. The molecule has 1 N–H and O–H groups in total. The standard InChI is InChI=1S/C19H34O5/c1-2-3-6-11-19(23-15-16-24-19)12-7-9-17(20)8-4-5-10-18-21-13-14-22-18/h2,17-18,20H,1,3-16H2. The lowest BCUT2D eigenvalue weighted by atomic mass is 9.99. The average Bonchev–Trinajstić information content (AvgIpc) is 3.24. The van der Waals surface area contributed by atoms with Crippen molar-refractivity contribution >= 4 is 0 Å². The molecule has 2 fully saturated rings. The van der Waals surface area contributed by atoms with Crippen LogP contribution in [0.15, 0.2) is 12.7 Å². The van der Waals surface area contributed by atoms with Crippen LogP contribution in [-0.4, -0.2) is 49.7 Å². The highest BCUT2D eigenvalue weighted by Crippen LogP contribution is 2.31. The lowest BCUT2D eigenvalue weighted by Crippen LogP contribution is -2.30. The quantitative estimate of drug-likeness (QED) is 0.410. The predicted octanol–water partition coefficient (Wildman–Crippen LogP) is 3.55. The molecule has 1 atom stereocenters. The van der Waals surface area contributed by atoms with E-state index in [-0.39, 0.29) is 12.4 Å². The van der Waals surface area contributed by atoms with Gasteiger partial charge >= 0.3 is 0 Å². The van der Waals surface area contributed by atoms with Gasteiger partial charge in [0.1, 0.15) is 0 Å². The first-order valence-electron chi connectivity index (χ1n) is 9.54. The van der Waals surface area contributed by atoms with Gasteiger partial charge in [-0.1, -0.05) is 12.5 Å². The van der Waals surface area contributed by atoms with Gasteiger partial charge in [0, 0.05) is 12.8 Å². The second-order valence-electron chi connectivity index (χ2n) is 6.79. The van der Waals surface area contributed by atoms with Crippen LogP contribution in [0, 0.1) is 0 Å². The van der Waals surface area contributed by atoms with Gasteiger partial charge in [-0.2, -0.15) is 0 Å². The summed E-state index contributed by atoms with van der Waals surface area (Å²) in [6.45, 7) is 6.56. The summed E-state index contributed by atoms with van der Waals surface area (Å²) in [4.78, 5) is 0. The average molecular weight is 342 g/mol. The Bertz CT molecular complexity index is 335. The smallest absolute Gasteiger partial charge is 0.168 e. The number of allylic oxidation sites excluding steroid dienone is 1. The highest BCUT2D eigenvalue weighted by atomic mass is 16.7. The van der Waals surface area contributed by atoms with Crippen molar-refractivity contribution < 1.29 is 24.1 Å². The van der Waals surface area contributed by atoms with Crippen molar-refractivity contribution in [3.05, 3.63) is 12.7 Å². The molecular weight excluding hydrogens is 308 g/mol. The third-order valence-corrected chi connectivity index (χ3v) is 4.79. The third kappa shape index (κ3) is 7.19. The molecule has 140 valence electrons. The molecule has 2 aliphatic heterocycles. The molecule has 2 aliphatic rings. The summed E-state index contributed by atoms with van der Waals surface area (Å²) in [6, 6.07) is 0. The van der Waals surface area contributed by atoms with Crippen LogP contribution in [0.5, 0.6) is 0 Å². The third-order valence-electron chi connectivity index (χ3n) is 4.79. The van der Waals surface area contributed by atoms with Gasteiger partial charge in [0.05, 0.1) is 32.5 Å². The number of unbranched alkanes of at least 4 members (excludes halogenated alkanes) is 2. The predicted molar refractivity (Wildman–Crippen MR) is 92.7 cm³/mol. The molecule has 5 heteroatoms. The van der Waals surface area contributed by atoms with Crippen LogP contribution in [-0.2, 0) is 18.9 Å². The number of aliphatic hydroxyl groups excluding tert-OH is 1. The molecule has 0 aromatic carbocycles. The topological polar surface area (TPSA) is 57.2 Å². The molecule has 2 saturated heterocycles. The lowest BCUT2D eigenvalue weighted by molar-refractivity contribution is -0.169. The molecule has 2 rings (SSSR count). The lowest BCUT2D eigenvalue weighted by Gasteiger charge is -2.27. The van der Waals surface area contributed by atoms with Crippen molar-refractivity contribution in [2.75, 3.05) is 26.4 Å². The number of aliphatic hydroxyl groups is 1. The molecule has 1 unspecified atom stereocenters. The van der Waals surface area contributed by atoms with Gasteiger partial charge in [0.25, 0.3) is 0 Å². The van der Waals surface area contributed by atoms with E-state index in [1.165, 1.54) is 0 Å². The Morgan fingerprint density at radius 1 is 0.958 bits per heavy atom. The molecule has 0 aromatic rings. The molecule has 0 bridgehead atoms. The van der Waals surface area contributed by atoms with Crippen molar-refractivity contribution in [2.45, 2.75) is 82.4 Å². The first-order chi connectivity index (χ1) is 11.7. The fourth-order valence-corrected chi connectivity index (χ4v) is 3.44. The van der Waals surface area contributed by atoms with Crippen molar-refractivity contribution in [1.29, 1.82) is 0 Å². The fraction of sp³-hybridized carbons (Fsp3) is 0.895. The molecular formula is C19H34O5. The van der Waals surface area contributed by atoms with Crippen LogP contribution in [0.1, 0.15) is 64.2 Å². The molecule has 0 spiro atoms. The van der Waals surface area contributed by atoms with Gasteiger partial charge in [-0.3, -0.25) is 0 Å². The summed E-state index contributed by atoms with van der Waals surface area (Å²) in [5.41, 5.74) is 0. The van der Waals surface area contributed by atoms with Crippen molar-refractivity contribution in [2.24, 2.45) is 0 Å². The van der Waals surface area contributed by atoms with Gasteiger partial charge in [0.15, 0.2) is 12.1 Å². The van der Waals surface area contributed by atoms with E-state index in [1.54, 1.807) is 0 Å². The number of rotatable bonds is 13. The highest BCUT2D eigenvalue weighted by Gasteiger charge is 2.35. The molecule has 0 aromatic heterocycles. The summed E-state index contributed by atoms with van der Waals surface area (Å²) in [5, 5.41) is 10.2. The molecule has 5 nitrogen and oxygen atoms in total. The van der Waals surface area contributed by atoms with Gasteiger partial charge in [0.2, 0.25) is 0 Å². The summed E-state index contributed by atoms with van der Waals surface area (Å²) < 4.78 is 22.5. The van der Waals surface area contributed by atoms with E-state index < -0.39 is 5.79 Å². The van der Waals surface area contributed by atoms with E-state index in [0.29, 0.717) is 26.4 Å². The van der Waals surface area contributed by atoms with Crippen LogP contribution >= 0.6 is 0 Å². The molecule has 0 amide bonds. The largest absolute Gasteiger partial charge is 0.393 e. The monoisotopic (exact) mass is 342 g/mol. The van der Waals surface area contributed by atoms with E-state index >= 15 is 0 Å². The second kappa shape index (κ2) is 11.2. The Morgan fingerprint density at radius 3 is 2.33 bits per heavy atom. The highest BCUT2D eigenvalue weighted by molar-refractivity contribution is 4.77. The zero-order chi connectivity index (χ0) is 17.1. The molecule has 0 radical (unpaired) electrons. The van der Waals surface area contributed by atoms with Crippen molar-refractivity contribution in [1.82, 2.24) is 0 Å². The van der Waals surface area contributed by atoms with E-state index in [9.17, 15) is 5.11 Å². The van der Waals surface area contributed by atoms with E-state index in [4.69, 9.17) is 18.9 Å². The molecule has 0 aliphatic carbocycles. The van der Waals surface area contributed by atoms with Crippen LogP contribution in [0.4, 0.5) is 0 Å². The van der Waals surface area contributed by atoms with Crippen molar-refractivity contribution in [3.8, 4) is 0 Å². The first-order valence-corrected chi connectivity index (χ1v) is 9.54. The Labute approximate surface area is 146 Å². The maximum absolute atomic E-state index is 10.2. The van der Waals surface area contributed by atoms with E-state index in [0.717, 1.165) is 64.2 Å². The minimum Gasteiger partial charge on any atom is -0.393 e. The number of hydrogen-bond acceptors (Lipinski definition) is 5. The summed E-state index contributed by atoms with van der Waals surface area (Å²) in [7, 11) is 0. The summed E-state index contributed by atoms with van der Waals surface area (Å²) in [6.07, 6.45) is 11.1. The van der Waals surface area contributed by atoms with E-state index in [1.807, 2.05) is 6.08 Å². The Balaban J connectivity index is 1.53.